The Morgan fingerprint density at radius 3 is 2.84 bits per heavy atom. The monoisotopic (exact) mass is 338 g/mol. The number of nitrogens with zero attached hydrogens (tertiary/aromatic N) is 1. The molecular weight excluding hydrogens is 331 g/mol. The van der Waals surface area contributed by atoms with Crippen LogP contribution in [0.15, 0.2) is 44.7 Å². The maximum absolute atomic E-state index is 13.3. The van der Waals surface area contributed by atoms with Crippen molar-refractivity contribution in [1.29, 1.82) is 0 Å². The van der Waals surface area contributed by atoms with E-state index >= 15 is 0 Å². The number of benzene rings is 1. The van der Waals surface area contributed by atoms with E-state index in [9.17, 15) is 4.39 Å². The van der Waals surface area contributed by atoms with Gasteiger partial charge < -0.3 is 10.3 Å². The van der Waals surface area contributed by atoms with Crippen LogP contribution < -0.4 is 5.73 Å². The summed E-state index contributed by atoms with van der Waals surface area (Å²) >= 11 is 4.70. The number of nitrogen functional groups attached to an aromatic ring is 1. The molecule has 0 bridgehead atoms. The summed E-state index contributed by atoms with van der Waals surface area (Å²) in [4.78, 5) is 0.967. The van der Waals surface area contributed by atoms with Gasteiger partial charge in [0, 0.05) is 10.4 Å². The highest BCUT2D eigenvalue weighted by atomic mass is 79.9. The van der Waals surface area contributed by atoms with E-state index < -0.39 is 0 Å². The summed E-state index contributed by atoms with van der Waals surface area (Å²) in [5.74, 6) is 0.549. The van der Waals surface area contributed by atoms with Gasteiger partial charge in [-0.2, -0.15) is 0 Å². The normalized spacial score (nSPS) is 10.8. The lowest BCUT2D eigenvalue weighted by molar-refractivity contribution is 0.436. The SMILES string of the molecule is Nc1noc(-c2ccc(F)c(Br)c2)c1-c1cccs1. The van der Waals surface area contributed by atoms with Crippen molar-refractivity contribution >= 4 is 33.1 Å². The number of hydrogen-bond acceptors (Lipinski definition) is 4. The quantitative estimate of drug-likeness (QED) is 0.745. The molecule has 3 rings (SSSR count). The maximum Gasteiger partial charge on any atom is 0.177 e. The fourth-order valence-corrected chi connectivity index (χ4v) is 2.95. The molecule has 0 atom stereocenters. The average molecular weight is 339 g/mol. The maximum atomic E-state index is 13.3. The molecule has 0 saturated carbocycles. The van der Waals surface area contributed by atoms with E-state index in [1.54, 1.807) is 23.5 Å². The summed E-state index contributed by atoms with van der Waals surface area (Å²) in [6.07, 6.45) is 0. The van der Waals surface area contributed by atoms with Gasteiger partial charge in [0.05, 0.1) is 10.0 Å². The molecule has 2 aromatic heterocycles. The summed E-state index contributed by atoms with van der Waals surface area (Å²) < 4.78 is 18.9. The smallest absolute Gasteiger partial charge is 0.177 e. The lowest BCUT2D eigenvalue weighted by Crippen LogP contribution is -1.87. The van der Waals surface area contributed by atoms with Crippen molar-refractivity contribution in [3.8, 4) is 21.8 Å². The molecule has 2 N–H and O–H groups in total. The topological polar surface area (TPSA) is 52.0 Å². The third-order valence-electron chi connectivity index (χ3n) is 2.67. The van der Waals surface area contributed by atoms with Gasteiger partial charge in [0.15, 0.2) is 11.6 Å². The lowest BCUT2D eigenvalue weighted by atomic mass is 10.1. The second kappa shape index (κ2) is 4.79. The van der Waals surface area contributed by atoms with Crippen LogP contribution in [0.25, 0.3) is 21.8 Å². The van der Waals surface area contributed by atoms with E-state index in [0.717, 1.165) is 16.0 Å². The first-order valence-electron chi connectivity index (χ1n) is 5.41. The van der Waals surface area contributed by atoms with E-state index in [0.29, 0.717) is 16.1 Å². The van der Waals surface area contributed by atoms with Gasteiger partial charge in [-0.15, -0.1) is 11.3 Å². The molecule has 3 nitrogen and oxygen atoms in total. The number of rotatable bonds is 2. The molecule has 0 aliphatic carbocycles. The van der Waals surface area contributed by atoms with Crippen LogP contribution in [-0.4, -0.2) is 5.16 Å². The number of thiophene rings is 1. The molecule has 0 spiro atoms. The third-order valence-corrected chi connectivity index (χ3v) is 4.16. The van der Waals surface area contributed by atoms with Crippen LogP contribution in [0.2, 0.25) is 0 Å². The minimum atomic E-state index is -0.325. The van der Waals surface area contributed by atoms with Gasteiger partial charge in [0.2, 0.25) is 0 Å². The van der Waals surface area contributed by atoms with E-state index in [-0.39, 0.29) is 5.82 Å². The summed E-state index contributed by atoms with van der Waals surface area (Å²) in [7, 11) is 0. The molecule has 2 heterocycles. The highest BCUT2D eigenvalue weighted by Gasteiger charge is 2.19. The zero-order chi connectivity index (χ0) is 13.4. The van der Waals surface area contributed by atoms with Gasteiger partial charge in [-0.3, -0.25) is 0 Å². The highest BCUT2D eigenvalue weighted by molar-refractivity contribution is 9.10. The minimum absolute atomic E-state index is 0.325. The molecule has 0 amide bonds. The van der Waals surface area contributed by atoms with Gasteiger partial charge in [-0.05, 0) is 45.6 Å². The lowest BCUT2D eigenvalue weighted by Gasteiger charge is -2.01. The van der Waals surface area contributed by atoms with Gasteiger partial charge in [-0.1, -0.05) is 11.2 Å². The zero-order valence-electron chi connectivity index (χ0n) is 9.56. The van der Waals surface area contributed by atoms with Crippen molar-refractivity contribution in [1.82, 2.24) is 5.16 Å². The molecule has 0 fully saturated rings. The molecule has 3 aromatic rings. The average Bonchev–Trinajstić information content (AvgIpc) is 3.01. The minimum Gasteiger partial charge on any atom is -0.380 e. The first-order chi connectivity index (χ1) is 9.16. The first-order valence-corrected chi connectivity index (χ1v) is 7.08. The van der Waals surface area contributed by atoms with Gasteiger partial charge in [0.25, 0.3) is 0 Å². The molecule has 0 aliphatic rings. The molecule has 6 heteroatoms. The summed E-state index contributed by atoms with van der Waals surface area (Å²) in [6.45, 7) is 0. The van der Waals surface area contributed by atoms with E-state index in [1.807, 2.05) is 17.5 Å². The predicted molar refractivity (Wildman–Crippen MR) is 77.3 cm³/mol. The van der Waals surface area contributed by atoms with Crippen molar-refractivity contribution in [2.24, 2.45) is 0 Å². The number of anilines is 1. The van der Waals surface area contributed by atoms with Crippen LogP contribution >= 0.6 is 27.3 Å². The van der Waals surface area contributed by atoms with Crippen molar-refractivity contribution in [2.45, 2.75) is 0 Å². The van der Waals surface area contributed by atoms with Crippen molar-refractivity contribution in [3.05, 3.63) is 46.0 Å². The zero-order valence-corrected chi connectivity index (χ0v) is 12.0. The Kier molecular flexibility index (Phi) is 3.12. The Morgan fingerprint density at radius 1 is 1.32 bits per heavy atom. The molecule has 19 heavy (non-hydrogen) atoms. The number of halogens is 2. The van der Waals surface area contributed by atoms with E-state index in [2.05, 4.69) is 21.1 Å². The Labute approximate surface area is 121 Å². The summed E-state index contributed by atoms with van der Waals surface area (Å²) in [5.41, 5.74) is 7.32. The molecule has 0 unspecified atom stereocenters. The molecule has 0 saturated heterocycles. The number of aromatic nitrogens is 1. The van der Waals surface area contributed by atoms with Crippen LogP contribution in [0, 0.1) is 5.82 Å². The Morgan fingerprint density at radius 2 is 2.16 bits per heavy atom. The van der Waals surface area contributed by atoms with Crippen molar-refractivity contribution in [2.75, 3.05) is 5.73 Å². The van der Waals surface area contributed by atoms with Crippen molar-refractivity contribution < 1.29 is 8.91 Å². The van der Waals surface area contributed by atoms with Gasteiger partial charge >= 0.3 is 0 Å². The van der Waals surface area contributed by atoms with E-state index in [4.69, 9.17) is 10.3 Å². The summed E-state index contributed by atoms with van der Waals surface area (Å²) in [5, 5.41) is 5.75. The third kappa shape index (κ3) is 2.17. The second-order valence-electron chi connectivity index (χ2n) is 3.88. The molecular formula is C13H8BrFN2OS. The number of hydrogen-bond donors (Lipinski definition) is 1. The van der Waals surface area contributed by atoms with Gasteiger partial charge in [-0.25, -0.2) is 4.39 Å². The van der Waals surface area contributed by atoms with Crippen molar-refractivity contribution in [3.63, 3.8) is 0 Å². The fourth-order valence-electron chi connectivity index (χ4n) is 1.80. The Bertz CT molecular complexity index is 724. The fraction of sp³-hybridized carbons (Fsp3) is 0. The van der Waals surface area contributed by atoms with Crippen LogP contribution in [-0.2, 0) is 0 Å². The van der Waals surface area contributed by atoms with Crippen LogP contribution in [0.4, 0.5) is 10.2 Å². The Balaban J connectivity index is 2.18. The molecule has 96 valence electrons. The van der Waals surface area contributed by atoms with Crippen LogP contribution in [0.1, 0.15) is 0 Å². The first kappa shape index (κ1) is 12.4. The molecule has 0 radical (unpaired) electrons. The van der Waals surface area contributed by atoms with Crippen LogP contribution in [0.5, 0.6) is 0 Å². The van der Waals surface area contributed by atoms with E-state index in [1.165, 1.54) is 6.07 Å². The number of nitrogens with two attached hydrogens (primary N) is 1. The highest BCUT2D eigenvalue weighted by Crippen LogP contribution is 2.39. The molecule has 1 aromatic carbocycles. The van der Waals surface area contributed by atoms with Gasteiger partial charge in [0.1, 0.15) is 5.82 Å². The largest absolute Gasteiger partial charge is 0.380 e. The second-order valence-corrected chi connectivity index (χ2v) is 5.68. The molecule has 0 aliphatic heterocycles. The summed E-state index contributed by atoms with van der Waals surface area (Å²) in [6, 6.07) is 8.52. The standard InChI is InChI=1S/C13H8BrFN2OS/c14-8-6-7(3-4-9(8)15)12-11(13(16)17-18-12)10-2-1-5-19-10/h1-6H,(H2,16,17). The van der Waals surface area contributed by atoms with Crippen LogP contribution in [0.3, 0.4) is 0 Å². The Hall–Kier alpha value is -1.66. The predicted octanol–water partition coefficient (Wildman–Crippen LogP) is 4.55.